The molecule has 30 heavy (non-hydrogen) atoms. The van der Waals surface area contributed by atoms with Crippen molar-refractivity contribution in [3.63, 3.8) is 0 Å². The maximum atomic E-state index is 12.1. The first-order valence-electron chi connectivity index (χ1n) is 9.43. The molecule has 3 N–H and O–H groups in total. The van der Waals surface area contributed by atoms with E-state index in [1.807, 2.05) is 6.92 Å². The number of carbonyl (C=O) groups is 1. The Bertz CT molecular complexity index is 791. The first-order chi connectivity index (χ1) is 14.4. The molecule has 1 amide bonds. The van der Waals surface area contributed by atoms with Crippen LogP contribution in [0.1, 0.15) is 28.6 Å². The summed E-state index contributed by atoms with van der Waals surface area (Å²) < 4.78 is 46.0. The van der Waals surface area contributed by atoms with Crippen molar-refractivity contribution in [2.24, 2.45) is 4.99 Å². The van der Waals surface area contributed by atoms with E-state index < -0.39 is 12.8 Å². The molecule has 0 saturated heterocycles. The highest BCUT2D eigenvalue weighted by Crippen LogP contribution is 2.16. The van der Waals surface area contributed by atoms with E-state index in [4.69, 9.17) is 4.42 Å². The van der Waals surface area contributed by atoms with Crippen LogP contribution < -0.4 is 16.0 Å². The normalized spacial score (nSPS) is 11.9. The van der Waals surface area contributed by atoms with Crippen LogP contribution in [0.5, 0.6) is 0 Å². The van der Waals surface area contributed by atoms with Gasteiger partial charge in [-0.25, -0.2) is 4.99 Å². The lowest BCUT2D eigenvalue weighted by Crippen LogP contribution is -2.41. The molecule has 0 saturated carbocycles. The smallest absolute Gasteiger partial charge is 0.411 e. The first kappa shape index (κ1) is 23.3. The standard InChI is InChI=1S/C20H25F3N4O3/c1-2-24-19(26-10-9-25-18(28)17-4-3-11-30-17)27-12-15-5-7-16(8-6-15)13-29-14-20(21,22)23/h3-8,11H,2,9-10,12-14H2,1H3,(H,25,28)(H2,24,26,27). The van der Waals surface area contributed by atoms with Crippen molar-refractivity contribution in [1.29, 1.82) is 0 Å². The summed E-state index contributed by atoms with van der Waals surface area (Å²) in [4.78, 5) is 16.2. The van der Waals surface area contributed by atoms with Gasteiger partial charge in [-0.15, -0.1) is 0 Å². The fraction of sp³-hybridized carbons (Fsp3) is 0.400. The van der Waals surface area contributed by atoms with Gasteiger partial charge in [-0.3, -0.25) is 4.79 Å². The average molecular weight is 426 g/mol. The second-order valence-electron chi connectivity index (χ2n) is 6.28. The summed E-state index contributed by atoms with van der Waals surface area (Å²) in [5, 5.41) is 8.94. The van der Waals surface area contributed by atoms with E-state index in [2.05, 4.69) is 25.7 Å². The van der Waals surface area contributed by atoms with Gasteiger partial charge in [-0.05, 0) is 30.2 Å². The van der Waals surface area contributed by atoms with Crippen LogP contribution >= 0.6 is 0 Å². The minimum atomic E-state index is -4.33. The zero-order chi connectivity index (χ0) is 21.8. The summed E-state index contributed by atoms with van der Waals surface area (Å²) in [7, 11) is 0. The number of hydrogen-bond donors (Lipinski definition) is 3. The molecular weight excluding hydrogens is 401 g/mol. The Morgan fingerprint density at radius 2 is 1.77 bits per heavy atom. The monoisotopic (exact) mass is 426 g/mol. The number of ether oxygens (including phenoxy) is 1. The number of furan rings is 1. The fourth-order valence-electron chi connectivity index (χ4n) is 2.39. The molecule has 2 aromatic rings. The maximum Gasteiger partial charge on any atom is 0.411 e. The van der Waals surface area contributed by atoms with Gasteiger partial charge in [0.15, 0.2) is 11.7 Å². The van der Waals surface area contributed by atoms with Crippen LogP contribution in [0.2, 0.25) is 0 Å². The number of hydrogen-bond acceptors (Lipinski definition) is 4. The minimum absolute atomic E-state index is 0.100. The Morgan fingerprint density at radius 3 is 2.40 bits per heavy atom. The molecule has 0 bridgehead atoms. The van der Waals surface area contributed by atoms with E-state index in [1.54, 1.807) is 36.4 Å². The number of amides is 1. The summed E-state index contributed by atoms with van der Waals surface area (Å²) in [6.45, 7) is 2.48. The van der Waals surface area contributed by atoms with Gasteiger partial charge >= 0.3 is 6.18 Å². The van der Waals surface area contributed by atoms with E-state index >= 15 is 0 Å². The molecule has 0 fully saturated rings. The van der Waals surface area contributed by atoms with Crippen molar-refractivity contribution >= 4 is 11.9 Å². The largest absolute Gasteiger partial charge is 0.459 e. The Hall–Kier alpha value is -3.01. The highest BCUT2D eigenvalue weighted by Gasteiger charge is 2.27. The number of nitrogens with zero attached hydrogens (tertiary/aromatic N) is 1. The molecule has 1 heterocycles. The highest BCUT2D eigenvalue weighted by atomic mass is 19.4. The number of guanidine groups is 1. The number of alkyl halides is 3. The Morgan fingerprint density at radius 1 is 1.07 bits per heavy atom. The van der Waals surface area contributed by atoms with E-state index in [1.165, 1.54) is 6.26 Å². The zero-order valence-electron chi connectivity index (χ0n) is 16.6. The van der Waals surface area contributed by atoms with E-state index in [0.717, 1.165) is 5.56 Å². The number of carbonyl (C=O) groups excluding carboxylic acids is 1. The predicted octanol–water partition coefficient (Wildman–Crippen LogP) is 2.84. The van der Waals surface area contributed by atoms with Crippen LogP contribution in [0, 0.1) is 0 Å². The second-order valence-corrected chi connectivity index (χ2v) is 6.28. The Labute approximate surface area is 172 Å². The van der Waals surface area contributed by atoms with Gasteiger partial charge in [-0.1, -0.05) is 24.3 Å². The molecule has 2 rings (SSSR count). The topological polar surface area (TPSA) is 87.9 Å². The molecule has 0 radical (unpaired) electrons. The van der Waals surface area contributed by atoms with Gasteiger partial charge in [0.1, 0.15) is 6.61 Å². The lowest BCUT2D eigenvalue weighted by molar-refractivity contribution is -0.176. The molecule has 164 valence electrons. The molecule has 0 unspecified atom stereocenters. The van der Waals surface area contributed by atoms with E-state index in [-0.39, 0.29) is 18.3 Å². The first-order valence-corrected chi connectivity index (χ1v) is 9.43. The summed E-state index contributed by atoms with van der Waals surface area (Å²) in [5.74, 6) is 0.549. The summed E-state index contributed by atoms with van der Waals surface area (Å²) in [5.41, 5.74) is 1.56. The van der Waals surface area contributed by atoms with Crippen LogP contribution in [0.3, 0.4) is 0 Å². The van der Waals surface area contributed by atoms with Gasteiger partial charge in [0.25, 0.3) is 5.91 Å². The van der Waals surface area contributed by atoms with Crippen LogP contribution in [0.15, 0.2) is 52.1 Å². The summed E-state index contributed by atoms with van der Waals surface area (Å²) in [6, 6.07) is 10.2. The van der Waals surface area contributed by atoms with Crippen molar-refractivity contribution in [3.8, 4) is 0 Å². The minimum Gasteiger partial charge on any atom is -0.459 e. The molecule has 0 aliphatic heterocycles. The maximum absolute atomic E-state index is 12.1. The predicted molar refractivity (Wildman–Crippen MR) is 106 cm³/mol. The molecule has 1 aromatic carbocycles. The average Bonchev–Trinajstić information content (AvgIpc) is 3.24. The second kappa shape index (κ2) is 11.9. The van der Waals surface area contributed by atoms with E-state index in [0.29, 0.717) is 37.7 Å². The third-order valence-electron chi connectivity index (χ3n) is 3.77. The fourth-order valence-corrected chi connectivity index (χ4v) is 2.39. The number of rotatable bonds is 10. The molecular formula is C20H25F3N4O3. The number of nitrogens with one attached hydrogen (secondary N) is 3. The summed E-state index contributed by atoms with van der Waals surface area (Å²) in [6.07, 6.45) is -2.89. The number of aliphatic imine (C=N–C) groups is 1. The van der Waals surface area contributed by atoms with Crippen molar-refractivity contribution in [2.75, 3.05) is 26.2 Å². The third-order valence-corrected chi connectivity index (χ3v) is 3.77. The molecule has 0 aliphatic carbocycles. The molecule has 0 atom stereocenters. The Kier molecular flexibility index (Phi) is 9.20. The zero-order valence-corrected chi connectivity index (χ0v) is 16.6. The number of benzene rings is 1. The molecule has 1 aromatic heterocycles. The Balaban J connectivity index is 1.75. The van der Waals surface area contributed by atoms with Crippen molar-refractivity contribution in [1.82, 2.24) is 16.0 Å². The third kappa shape index (κ3) is 8.99. The van der Waals surface area contributed by atoms with Crippen molar-refractivity contribution < 1.29 is 27.1 Å². The van der Waals surface area contributed by atoms with Crippen LogP contribution in [0.4, 0.5) is 13.2 Å². The number of halogens is 3. The summed E-state index contributed by atoms with van der Waals surface area (Å²) >= 11 is 0. The van der Waals surface area contributed by atoms with Gasteiger partial charge in [-0.2, -0.15) is 13.2 Å². The molecule has 7 nitrogen and oxygen atoms in total. The molecule has 0 aliphatic rings. The van der Waals surface area contributed by atoms with Gasteiger partial charge < -0.3 is 25.1 Å². The lowest BCUT2D eigenvalue weighted by atomic mass is 10.1. The molecule has 10 heteroatoms. The highest BCUT2D eigenvalue weighted by molar-refractivity contribution is 5.91. The van der Waals surface area contributed by atoms with Crippen molar-refractivity contribution in [2.45, 2.75) is 26.3 Å². The molecule has 0 spiro atoms. The SMILES string of the molecule is CCNC(=NCc1ccc(COCC(F)(F)F)cc1)NCCNC(=O)c1ccco1. The quantitative estimate of drug-likeness (QED) is 0.309. The van der Waals surface area contributed by atoms with Crippen LogP contribution in [0.25, 0.3) is 0 Å². The van der Waals surface area contributed by atoms with Crippen molar-refractivity contribution in [3.05, 3.63) is 59.5 Å². The van der Waals surface area contributed by atoms with Gasteiger partial charge in [0, 0.05) is 19.6 Å². The van der Waals surface area contributed by atoms with E-state index in [9.17, 15) is 18.0 Å². The van der Waals surface area contributed by atoms with Crippen LogP contribution in [-0.2, 0) is 17.9 Å². The van der Waals surface area contributed by atoms with Gasteiger partial charge in [0.05, 0.1) is 19.4 Å². The lowest BCUT2D eigenvalue weighted by Gasteiger charge is -2.12. The van der Waals surface area contributed by atoms with Gasteiger partial charge in [0.2, 0.25) is 0 Å². The van der Waals surface area contributed by atoms with Crippen LogP contribution in [-0.4, -0.2) is 44.3 Å².